The van der Waals surface area contributed by atoms with Crippen LogP contribution in [0.5, 0.6) is 5.75 Å². The molecule has 0 fully saturated rings. The van der Waals surface area contributed by atoms with Gasteiger partial charge in [0.25, 0.3) is 0 Å². The zero-order chi connectivity index (χ0) is 26.3. The van der Waals surface area contributed by atoms with Crippen LogP contribution in [-0.2, 0) is 28.6 Å². The highest BCUT2D eigenvalue weighted by Gasteiger charge is 2.23. The SMILES string of the molecule is CC(C)(C)OC(=O)N(CCCCCC(=O)c1cc2c(c(S(N)=O)c1)OCC2)CCc1ccccc1Cl. The molecule has 2 aromatic carbocycles. The Kier molecular flexibility index (Phi) is 9.93. The summed E-state index contributed by atoms with van der Waals surface area (Å²) in [4.78, 5) is 27.7. The number of carbonyl (C=O) groups is 2. The zero-order valence-corrected chi connectivity index (χ0v) is 22.8. The second-order valence-electron chi connectivity index (χ2n) is 9.90. The monoisotopic (exact) mass is 534 g/mol. The molecular weight excluding hydrogens is 500 g/mol. The van der Waals surface area contributed by atoms with E-state index >= 15 is 0 Å². The fourth-order valence-corrected chi connectivity index (χ4v) is 4.92. The molecule has 0 saturated carbocycles. The van der Waals surface area contributed by atoms with Crippen LogP contribution in [0.1, 0.15) is 67.9 Å². The van der Waals surface area contributed by atoms with Crippen molar-refractivity contribution in [2.24, 2.45) is 5.14 Å². The van der Waals surface area contributed by atoms with Gasteiger partial charge in [0, 0.05) is 36.5 Å². The molecule has 2 aromatic rings. The van der Waals surface area contributed by atoms with E-state index in [2.05, 4.69) is 0 Å². The number of rotatable bonds is 11. The molecule has 0 saturated heterocycles. The number of hydrogen-bond acceptors (Lipinski definition) is 5. The number of fused-ring (bicyclic) bond motifs is 1. The normalized spacial score (nSPS) is 13.6. The topological polar surface area (TPSA) is 98.9 Å². The maximum atomic E-state index is 12.8. The number of hydrogen-bond donors (Lipinski definition) is 1. The molecule has 0 aliphatic carbocycles. The summed E-state index contributed by atoms with van der Waals surface area (Å²) < 4.78 is 23.0. The van der Waals surface area contributed by atoms with Gasteiger partial charge in [-0.15, -0.1) is 0 Å². The number of amides is 1. The second kappa shape index (κ2) is 12.7. The summed E-state index contributed by atoms with van der Waals surface area (Å²) in [5.41, 5.74) is 1.79. The van der Waals surface area contributed by atoms with Gasteiger partial charge in [0.1, 0.15) is 22.3 Å². The Morgan fingerprint density at radius 1 is 1.14 bits per heavy atom. The van der Waals surface area contributed by atoms with E-state index in [1.165, 1.54) is 0 Å². The van der Waals surface area contributed by atoms with Crippen LogP contribution in [0.25, 0.3) is 0 Å². The van der Waals surface area contributed by atoms with Crippen LogP contribution < -0.4 is 9.88 Å². The van der Waals surface area contributed by atoms with E-state index in [0.717, 1.165) is 24.0 Å². The molecule has 2 N–H and O–H groups in total. The van der Waals surface area contributed by atoms with Crippen LogP contribution in [0.4, 0.5) is 4.79 Å². The molecule has 9 heteroatoms. The number of unbranched alkanes of at least 4 members (excludes halogenated alkanes) is 2. The molecule has 36 heavy (non-hydrogen) atoms. The first kappa shape index (κ1) is 28.2. The fraction of sp³-hybridized carbons (Fsp3) is 0.481. The molecule has 0 aromatic heterocycles. The first-order chi connectivity index (χ1) is 17.0. The van der Waals surface area contributed by atoms with Gasteiger partial charge in [0.15, 0.2) is 5.78 Å². The van der Waals surface area contributed by atoms with Crippen molar-refractivity contribution in [1.29, 1.82) is 0 Å². The smallest absolute Gasteiger partial charge is 0.410 e. The lowest BCUT2D eigenvalue weighted by Crippen LogP contribution is -2.38. The van der Waals surface area contributed by atoms with Gasteiger partial charge in [-0.1, -0.05) is 36.2 Å². The van der Waals surface area contributed by atoms with Gasteiger partial charge in [0.2, 0.25) is 0 Å². The summed E-state index contributed by atoms with van der Waals surface area (Å²) in [5, 5.41) is 6.27. The van der Waals surface area contributed by atoms with Crippen molar-refractivity contribution < 1.29 is 23.3 Å². The Labute approximate surface area is 220 Å². The Morgan fingerprint density at radius 3 is 2.58 bits per heavy atom. The maximum absolute atomic E-state index is 12.8. The summed E-state index contributed by atoms with van der Waals surface area (Å²) in [6, 6.07) is 11.0. The van der Waals surface area contributed by atoms with Crippen LogP contribution in [-0.4, -0.2) is 46.3 Å². The second-order valence-corrected chi connectivity index (χ2v) is 11.3. The van der Waals surface area contributed by atoms with E-state index in [9.17, 15) is 13.8 Å². The number of ether oxygens (including phenoxy) is 2. The Morgan fingerprint density at radius 2 is 1.89 bits per heavy atom. The Hall–Kier alpha value is -2.42. The average molecular weight is 535 g/mol. The first-order valence-electron chi connectivity index (χ1n) is 12.3. The van der Waals surface area contributed by atoms with Gasteiger partial charge in [-0.2, -0.15) is 0 Å². The van der Waals surface area contributed by atoms with Crippen LogP contribution >= 0.6 is 11.6 Å². The molecule has 7 nitrogen and oxygen atoms in total. The van der Waals surface area contributed by atoms with Gasteiger partial charge >= 0.3 is 6.09 Å². The van der Waals surface area contributed by atoms with Crippen molar-refractivity contribution >= 4 is 34.5 Å². The summed E-state index contributed by atoms with van der Waals surface area (Å²) in [6.07, 6.45) is 3.52. The molecule has 1 aliphatic rings. The zero-order valence-electron chi connectivity index (χ0n) is 21.2. The largest absolute Gasteiger partial charge is 0.492 e. The highest BCUT2D eigenvalue weighted by molar-refractivity contribution is 7.82. The molecule has 1 aliphatic heterocycles. The van der Waals surface area contributed by atoms with E-state index in [-0.39, 0.29) is 11.9 Å². The molecule has 3 rings (SSSR count). The Balaban J connectivity index is 1.53. The third kappa shape index (κ3) is 8.05. The Bertz CT molecular complexity index is 1120. The summed E-state index contributed by atoms with van der Waals surface area (Å²) in [6.45, 7) is 7.06. The minimum Gasteiger partial charge on any atom is -0.492 e. The number of Topliss-reactive ketones (excluding diaryl/α,β-unsaturated/α-hetero) is 1. The lowest BCUT2D eigenvalue weighted by atomic mass is 10.0. The quantitative estimate of drug-likeness (QED) is 0.304. The number of benzene rings is 2. The van der Waals surface area contributed by atoms with Crippen molar-refractivity contribution in [2.75, 3.05) is 19.7 Å². The van der Waals surface area contributed by atoms with Crippen molar-refractivity contribution in [3.8, 4) is 5.75 Å². The van der Waals surface area contributed by atoms with Gasteiger partial charge in [-0.3, -0.25) is 4.79 Å². The third-order valence-electron chi connectivity index (χ3n) is 5.88. The van der Waals surface area contributed by atoms with Gasteiger partial charge in [-0.05, 0) is 69.4 Å². The van der Waals surface area contributed by atoms with E-state index in [0.29, 0.717) is 66.6 Å². The molecule has 1 heterocycles. The van der Waals surface area contributed by atoms with E-state index in [1.807, 2.05) is 51.1 Å². The van der Waals surface area contributed by atoms with Gasteiger partial charge < -0.3 is 14.4 Å². The van der Waals surface area contributed by atoms with Crippen LogP contribution in [0.15, 0.2) is 41.3 Å². The third-order valence-corrected chi connectivity index (χ3v) is 6.99. The minimum absolute atomic E-state index is 0.0147. The summed E-state index contributed by atoms with van der Waals surface area (Å²) in [5.74, 6) is 0.533. The van der Waals surface area contributed by atoms with Crippen molar-refractivity contribution in [3.63, 3.8) is 0 Å². The maximum Gasteiger partial charge on any atom is 0.410 e. The molecule has 196 valence electrons. The molecule has 1 atom stereocenters. The van der Waals surface area contributed by atoms with Crippen LogP contribution in [0.2, 0.25) is 5.02 Å². The van der Waals surface area contributed by atoms with Gasteiger partial charge in [0.05, 0.1) is 11.5 Å². The minimum atomic E-state index is -1.72. The number of ketones is 1. The fourth-order valence-electron chi connectivity index (χ4n) is 4.07. The number of carbonyl (C=O) groups excluding carboxylic acids is 2. The highest BCUT2D eigenvalue weighted by atomic mass is 35.5. The van der Waals surface area contributed by atoms with E-state index < -0.39 is 16.6 Å². The first-order valence-corrected chi connectivity index (χ1v) is 13.8. The molecule has 0 radical (unpaired) electrons. The summed E-state index contributed by atoms with van der Waals surface area (Å²) in [7, 11) is -1.72. The molecule has 1 unspecified atom stereocenters. The predicted molar refractivity (Wildman–Crippen MR) is 142 cm³/mol. The summed E-state index contributed by atoms with van der Waals surface area (Å²) >= 11 is 6.28. The number of nitrogens with two attached hydrogens (primary N) is 1. The highest BCUT2D eigenvalue weighted by Crippen LogP contribution is 2.33. The average Bonchev–Trinajstić information content (AvgIpc) is 3.28. The standard InChI is InChI=1S/C27H35ClN2O5S/c1-27(2,3)35-26(32)30(15-12-19-9-6-7-10-22(19)28)14-8-4-5-11-23(31)21-17-20-13-16-34-25(20)24(18-21)36(29)33/h6-7,9-10,17-18H,4-5,8,11-16,29H2,1-3H3. The lowest BCUT2D eigenvalue weighted by molar-refractivity contribution is 0.0248. The number of nitrogens with zero attached hydrogens (tertiary/aromatic N) is 1. The molecule has 0 spiro atoms. The molecule has 0 bridgehead atoms. The number of halogens is 1. The van der Waals surface area contributed by atoms with Gasteiger partial charge in [-0.25, -0.2) is 14.1 Å². The van der Waals surface area contributed by atoms with E-state index in [1.54, 1.807) is 11.0 Å². The predicted octanol–water partition coefficient (Wildman–Crippen LogP) is 5.48. The van der Waals surface area contributed by atoms with Crippen LogP contribution in [0, 0.1) is 0 Å². The molecular formula is C27H35ClN2O5S. The van der Waals surface area contributed by atoms with E-state index in [4.69, 9.17) is 26.2 Å². The van der Waals surface area contributed by atoms with Crippen molar-refractivity contribution in [2.45, 2.75) is 69.8 Å². The molecule has 1 amide bonds. The van der Waals surface area contributed by atoms with Crippen molar-refractivity contribution in [3.05, 3.63) is 58.1 Å². The lowest BCUT2D eigenvalue weighted by Gasteiger charge is -2.27. The van der Waals surface area contributed by atoms with Crippen molar-refractivity contribution in [1.82, 2.24) is 4.90 Å². The van der Waals surface area contributed by atoms with Crippen LogP contribution in [0.3, 0.4) is 0 Å².